The first kappa shape index (κ1) is 15.4. The molecule has 0 amide bonds. The normalized spacial score (nSPS) is 21.1. The molecule has 1 aromatic rings. The van der Waals surface area contributed by atoms with Gasteiger partial charge >= 0.3 is 0 Å². The summed E-state index contributed by atoms with van der Waals surface area (Å²) in [6.45, 7) is 1.36. The zero-order chi connectivity index (χ0) is 14.4. The Hall–Kier alpha value is -0.960. The summed E-state index contributed by atoms with van der Waals surface area (Å²) in [7, 11) is -3.41. The first-order chi connectivity index (χ1) is 9.63. The molecule has 1 aliphatic heterocycles. The van der Waals surface area contributed by atoms with Crippen molar-refractivity contribution in [2.45, 2.75) is 38.1 Å². The minimum Gasteiger partial charge on any atom is -0.349 e. The van der Waals surface area contributed by atoms with Crippen LogP contribution in [0.25, 0.3) is 0 Å². The predicted octanol–water partition coefficient (Wildman–Crippen LogP) is -0.0101. The lowest BCUT2D eigenvalue weighted by Gasteiger charge is -2.33. The third kappa shape index (κ3) is 4.02. The monoisotopic (exact) mass is 301 g/mol. The highest BCUT2D eigenvalue weighted by Gasteiger charge is 2.30. The standard InChI is InChI=1S/C12H23N5O2S/c13-10-11-4-1-2-9-17(11)20(18,19)16-6-3-5-12-14-7-8-15-12/h7-8,11,16H,1-6,9-10,13H2,(H,14,15). The molecule has 0 spiro atoms. The number of aryl methyl sites for hydroxylation is 1. The van der Waals surface area contributed by atoms with Gasteiger partial charge in [-0.2, -0.15) is 12.7 Å². The zero-order valence-electron chi connectivity index (χ0n) is 11.6. The van der Waals surface area contributed by atoms with E-state index in [4.69, 9.17) is 5.73 Å². The fourth-order valence-corrected chi connectivity index (χ4v) is 4.02. The minimum atomic E-state index is -3.41. The topological polar surface area (TPSA) is 104 Å². The molecule has 0 aromatic carbocycles. The lowest BCUT2D eigenvalue weighted by molar-refractivity contribution is 0.254. The summed E-state index contributed by atoms with van der Waals surface area (Å²) >= 11 is 0. The molecule has 0 saturated carbocycles. The summed E-state index contributed by atoms with van der Waals surface area (Å²) in [5.41, 5.74) is 5.66. The highest BCUT2D eigenvalue weighted by atomic mass is 32.2. The van der Waals surface area contributed by atoms with Crippen LogP contribution < -0.4 is 10.5 Å². The highest BCUT2D eigenvalue weighted by Crippen LogP contribution is 2.18. The Kier molecular flexibility index (Phi) is 5.53. The van der Waals surface area contributed by atoms with Crippen LogP contribution in [-0.2, 0) is 16.6 Å². The quantitative estimate of drug-likeness (QED) is 0.616. The molecule has 114 valence electrons. The smallest absolute Gasteiger partial charge is 0.279 e. The number of hydrogen-bond acceptors (Lipinski definition) is 4. The number of aromatic amines is 1. The van der Waals surface area contributed by atoms with E-state index in [0.717, 1.165) is 31.5 Å². The second-order valence-electron chi connectivity index (χ2n) is 5.03. The molecule has 20 heavy (non-hydrogen) atoms. The third-order valence-corrected chi connectivity index (χ3v) is 5.25. The number of piperidine rings is 1. The van der Waals surface area contributed by atoms with E-state index in [1.165, 1.54) is 4.31 Å². The Bertz CT molecular complexity index is 488. The molecule has 2 heterocycles. The van der Waals surface area contributed by atoms with E-state index in [0.29, 0.717) is 26.1 Å². The highest BCUT2D eigenvalue weighted by molar-refractivity contribution is 7.87. The van der Waals surface area contributed by atoms with Crippen molar-refractivity contribution in [3.63, 3.8) is 0 Å². The van der Waals surface area contributed by atoms with Gasteiger partial charge in [-0.3, -0.25) is 0 Å². The van der Waals surface area contributed by atoms with Gasteiger partial charge in [0.25, 0.3) is 10.2 Å². The number of H-pyrrole nitrogens is 1. The van der Waals surface area contributed by atoms with Crippen molar-refractivity contribution in [3.8, 4) is 0 Å². The van der Waals surface area contributed by atoms with Crippen LogP contribution in [0.1, 0.15) is 31.5 Å². The van der Waals surface area contributed by atoms with Crippen molar-refractivity contribution in [1.29, 1.82) is 0 Å². The van der Waals surface area contributed by atoms with Gasteiger partial charge in [-0.25, -0.2) is 9.71 Å². The predicted molar refractivity (Wildman–Crippen MR) is 77.2 cm³/mol. The van der Waals surface area contributed by atoms with Crippen molar-refractivity contribution < 1.29 is 8.42 Å². The fourth-order valence-electron chi connectivity index (χ4n) is 2.50. The van der Waals surface area contributed by atoms with E-state index >= 15 is 0 Å². The average Bonchev–Trinajstić information content (AvgIpc) is 2.97. The molecule has 7 nitrogen and oxygen atoms in total. The van der Waals surface area contributed by atoms with Crippen LogP contribution in [0.2, 0.25) is 0 Å². The van der Waals surface area contributed by atoms with Crippen LogP contribution in [0.5, 0.6) is 0 Å². The van der Waals surface area contributed by atoms with Gasteiger partial charge in [0.1, 0.15) is 5.82 Å². The van der Waals surface area contributed by atoms with Crippen LogP contribution in [0, 0.1) is 0 Å². The van der Waals surface area contributed by atoms with E-state index in [1.807, 2.05) is 0 Å². The summed E-state index contributed by atoms with van der Waals surface area (Å²) in [6.07, 6.45) is 7.71. The zero-order valence-corrected chi connectivity index (χ0v) is 12.4. The van der Waals surface area contributed by atoms with E-state index < -0.39 is 10.2 Å². The van der Waals surface area contributed by atoms with Gasteiger partial charge in [0, 0.05) is 44.5 Å². The Morgan fingerprint density at radius 3 is 3.05 bits per heavy atom. The number of nitrogens with one attached hydrogen (secondary N) is 2. The first-order valence-electron chi connectivity index (χ1n) is 7.08. The van der Waals surface area contributed by atoms with E-state index in [1.54, 1.807) is 12.4 Å². The molecular formula is C12H23N5O2S. The van der Waals surface area contributed by atoms with Crippen molar-refractivity contribution in [2.24, 2.45) is 5.73 Å². The van der Waals surface area contributed by atoms with Crippen LogP contribution in [0.15, 0.2) is 12.4 Å². The van der Waals surface area contributed by atoms with Crippen molar-refractivity contribution >= 4 is 10.2 Å². The van der Waals surface area contributed by atoms with Crippen LogP contribution >= 0.6 is 0 Å². The van der Waals surface area contributed by atoms with Gasteiger partial charge in [-0.15, -0.1) is 0 Å². The molecule has 1 aliphatic rings. The first-order valence-corrected chi connectivity index (χ1v) is 8.52. The molecule has 1 aromatic heterocycles. The van der Waals surface area contributed by atoms with Crippen LogP contribution in [0.4, 0.5) is 0 Å². The summed E-state index contributed by atoms with van der Waals surface area (Å²) in [4.78, 5) is 7.10. The van der Waals surface area contributed by atoms with Crippen molar-refractivity contribution in [1.82, 2.24) is 19.0 Å². The van der Waals surface area contributed by atoms with Gasteiger partial charge < -0.3 is 10.7 Å². The summed E-state index contributed by atoms with van der Waals surface area (Å²) in [5, 5.41) is 0. The molecule has 1 fully saturated rings. The lowest BCUT2D eigenvalue weighted by atomic mass is 10.1. The third-order valence-electron chi connectivity index (χ3n) is 3.58. The number of rotatable bonds is 7. The molecule has 1 atom stereocenters. The van der Waals surface area contributed by atoms with E-state index in [2.05, 4.69) is 14.7 Å². The second kappa shape index (κ2) is 7.16. The molecule has 1 saturated heterocycles. The van der Waals surface area contributed by atoms with Gasteiger partial charge in [0.05, 0.1) is 0 Å². The SMILES string of the molecule is NCC1CCCCN1S(=O)(=O)NCCCc1ncc[nH]1. The van der Waals surface area contributed by atoms with Crippen molar-refractivity contribution in [2.75, 3.05) is 19.6 Å². The molecule has 0 aliphatic carbocycles. The Labute approximate surface area is 120 Å². The maximum Gasteiger partial charge on any atom is 0.279 e. The fraction of sp³-hybridized carbons (Fsp3) is 0.750. The maximum atomic E-state index is 12.3. The van der Waals surface area contributed by atoms with Crippen LogP contribution in [-0.4, -0.2) is 48.4 Å². The molecular weight excluding hydrogens is 278 g/mol. The minimum absolute atomic E-state index is 0.0636. The molecule has 1 unspecified atom stereocenters. The van der Waals surface area contributed by atoms with Crippen LogP contribution in [0.3, 0.4) is 0 Å². The summed E-state index contributed by atoms with van der Waals surface area (Å²) < 4.78 is 28.7. The second-order valence-corrected chi connectivity index (χ2v) is 6.74. The number of nitrogens with two attached hydrogens (primary N) is 1. The molecule has 8 heteroatoms. The summed E-state index contributed by atoms with van der Waals surface area (Å²) in [5.74, 6) is 0.877. The number of aromatic nitrogens is 2. The average molecular weight is 301 g/mol. The molecule has 4 N–H and O–H groups in total. The molecule has 2 rings (SSSR count). The van der Waals surface area contributed by atoms with Gasteiger partial charge in [-0.05, 0) is 19.3 Å². The van der Waals surface area contributed by atoms with E-state index in [9.17, 15) is 8.42 Å². The Balaban J connectivity index is 1.80. The van der Waals surface area contributed by atoms with Crippen molar-refractivity contribution in [3.05, 3.63) is 18.2 Å². The van der Waals surface area contributed by atoms with Gasteiger partial charge in [0.2, 0.25) is 0 Å². The number of nitrogens with zero attached hydrogens (tertiary/aromatic N) is 2. The summed E-state index contributed by atoms with van der Waals surface area (Å²) in [6, 6.07) is -0.0636. The van der Waals surface area contributed by atoms with E-state index in [-0.39, 0.29) is 6.04 Å². The largest absolute Gasteiger partial charge is 0.349 e. The Morgan fingerprint density at radius 1 is 1.50 bits per heavy atom. The Morgan fingerprint density at radius 2 is 2.35 bits per heavy atom. The molecule has 0 radical (unpaired) electrons. The number of hydrogen-bond donors (Lipinski definition) is 3. The number of imidazole rings is 1. The van der Waals surface area contributed by atoms with Gasteiger partial charge in [-0.1, -0.05) is 6.42 Å². The molecule has 0 bridgehead atoms. The van der Waals surface area contributed by atoms with Gasteiger partial charge in [0.15, 0.2) is 0 Å². The maximum absolute atomic E-state index is 12.3. The lowest BCUT2D eigenvalue weighted by Crippen LogP contribution is -2.51.